The van der Waals surface area contributed by atoms with Crippen LogP contribution in [0.5, 0.6) is 0 Å². The fourth-order valence-corrected chi connectivity index (χ4v) is 0.354. The van der Waals surface area contributed by atoms with Gasteiger partial charge in [0.05, 0.1) is 0 Å². The van der Waals surface area contributed by atoms with Crippen molar-refractivity contribution >= 4 is 0 Å². The van der Waals surface area contributed by atoms with Crippen molar-refractivity contribution in [3.8, 4) is 6.26 Å². The smallest absolute Gasteiger partial charge is 0.283 e. The quantitative estimate of drug-likeness (QED) is 0.559. The average molecular weight is 115 g/mol. The Morgan fingerprint density at radius 2 is 1.62 bits per heavy atom. The number of nitriles is 1. The summed E-state index contributed by atoms with van der Waals surface area (Å²) < 4.78 is 0. The van der Waals surface area contributed by atoms with Crippen LogP contribution in [0.3, 0.4) is 0 Å². The van der Waals surface area contributed by atoms with Crippen molar-refractivity contribution in [3.05, 3.63) is 0 Å². The Morgan fingerprint density at radius 3 is 1.62 bits per heavy atom. The lowest BCUT2D eigenvalue weighted by Gasteiger charge is -1.79. The second-order valence-corrected chi connectivity index (χ2v) is 1.45. The van der Waals surface area contributed by atoms with Crippen LogP contribution in [0.15, 0.2) is 0 Å². The van der Waals surface area contributed by atoms with E-state index in [1.807, 2.05) is 0 Å². The maximum atomic E-state index is 6.88. The molecule has 0 fully saturated rings. The topological polar surface area (TPSA) is 44.0 Å². The van der Waals surface area contributed by atoms with Gasteiger partial charge >= 0.3 is 0 Å². The molecule has 0 aromatic heterocycles. The molecule has 8 heavy (non-hydrogen) atoms. The summed E-state index contributed by atoms with van der Waals surface area (Å²) in [6.45, 7) is 4.42. The average Bonchev–Trinajstić information content (AvgIpc) is 1.71. The molecule has 0 spiro atoms. The molecule has 1 N–H and O–H groups in total. The van der Waals surface area contributed by atoms with Gasteiger partial charge in [0.15, 0.2) is 0 Å². The van der Waals surface area contributed by atoms with E-state index >= 15 is 0 Å². The molecule has 2 heteroatoms. The Balaban J connectivity index is 0. The number of nitrogens with zero attached hydrogens (tertiary/aromatic N) is 1. The highest BCUT2D eigenvalue weighted by Crippen LogP contribution is 1.88. The van der Waals surface area contributed by atoms with E-state index in [1.54, 1.807) is 0 Å². The van der Waals surface area contributed by atoms with Crippen LogP contribution in [0.1, 0.15) is 33.1 Å². The number of aliphatic hydroxyl groups is 1. The lowest BCUT2D eigenvalue weighted by atomic mass is 10.3. The molecular formula is C6H13NO. The first kappa shape index (κ1) is 10.3. The minimum absolute atomic E-state index is 0.750. The highest BCUT2D eigenvalue weighted by atomic mass is 16.2. The molecule has 0 aliphatic carbocycles. The fourth-order valence-electron chi connectivity index (χ4n) is 0.354. The van der Waals surface area contributed by atoms with Crippen LogP contribution in [0.25, 0.3) is 0 Å². The summed E-state index contributed by atoms with van der Waals surface area (Å²) in [5.41, 5.74) is 0. The number of aliphatic hydroxyl groups excluding tert-OH is 1. The van der Waals surface area contributed by atoms with Crippen molar-refractivity contribution in [2.24, 2.45) is 0 Å². The first-order valence-electron chi connectivity index (χ1n) is 2.86. The molecule has 2 nitrogen and oxygen atoms in total. The molecule has 0 atom stereocenters. The zero-order valence-corrected chi connectivity index (χ0v) is 5.52. The molecule has 0 unspecified atom stereocenters. The summed E-state index contributed by atoms with van der Waals surface area (Å²) >= 11 is 0. The summed E-state index contributed by atoms with van der Waals surface area (Å²) in [5, 5.41) is 13.8. The van der Waals surface area contributed by atoms with Gasteiger partial charge in [-0.05, 0) is 0 Å². The van der Waals surface area contributed by atoms with Crippen LogP contribution < -0.4 is 0 Å². The highest BCUT2D eigenvalue weighted by molar-refractivity contribution is 4.30. The molecular weight excluding hydrogens is 102 g/mol. The SMILES string of the molecule is CCCCC.N#CO. The van der Waals surface area contributed by atoms with Gasteiger partial charge in [0, 0.05) is 0 Å². The van der Waals surface area contributed by atoms with E-state index in [0.717, 1.165) is 6.26 Å². The van der Waals surface area contributed by atoms with Crippen molar-refractivity contribution in [1.29, 1.82) is 5.26 Å². The Hall–Kier alpha value is -0.710. The van der Waals surface area contributed by atoms with E-state index in [9.17, 15) is 0 Å². The highest BCUT2D eigenvalue weighted by Gasteiger charge is 1.68. The van der Waals surface area contributed by atoms with Gasteiger partial charge in [0.25, 0.3) is 6.26 Å². The lowest BCUT2D eigenvalue weighted by Crippen LogP contribution is -1.59. The maximum Gasteiger partial charge on any atom is 0.283 e. The lowest BCUT2D eigenvalue weighted by molar-refractivity contribution is 0.503. The van der Waals surface area contributed by atoms with Crippen LogP contribution >= 0.6 is 0 Å². The van der Waals surface area contributed by atoms with Gasteiger partial charge in [0.2, 0.25) is 0 Å². The van der Waals surface area contributed by atoms with Gasteiger partial charge in [-0.15, -0.1) is 0 Å². The minimum atomic E-state index is 0.750. The van der Waals surface area contributed by atoms with Crippen molar-refractivity contribution in [2.75, 3.05) is 0 Å². The summed E-state index contributed by atoms with van der Waals surface area (Å²) in [5.74, 6) is 0. The largest absolute Gasteiger partial charge is 0.443 e. The molecule has 0 amide bonds. The van der Waals surface area contributed by atoms with E-state index in [-0.39, 0.29) is 0 Å². The predicted octanol–water partition coefficient (Wildman–Crippen LogP) is 2.04. The number of hydrogen-bond donors (Lipinski definition) is 1. The van der Waals surface area contributed by atoms with Crippen LogP contribution in [0.4, 0.5) is 0 Å². The normalized spacial score (nSPS) is 6.12. The van der Waals surface area contributed by atoms with Gasteiger partial charge in [-0.3, -0.25) is 0 Å². The standard InChI is InChI=1S/C5H12.CHNO/c1-3-5-4-2;2-1-3/h3-5H2,1-2H3;3H. The van der Waals surface area contributed by atoms with Gasteiger partial charge in [-0.25, -0.2) is 0 Å². The van der Waals surface area contributed by atoms with E-state index in [0.29, 0.717) is 0 Å². The molecule has 0 aromatic rings. The summed E-state index contributed by atoms with van der Waals surface area (Å²) in [4.78, 5) is 0. The third-order valence-corrected chi connectivity index (χ3v) is 0.707. The fraction of sp³-hybridized carbons (Fsp3) is 0.833. The molecule has 0 aliphatic rings. The molecule has 0 aromatic carbocycles. The van der Waals surface area contributed by atoms with Crippen molar-refractivity contribution in [2.45, 2.75) is 33.1 Å². The second kappa shape index (κ2) is 16.3. The third kappa shape index (κ3) is 58.5. The molecule has 0 aliphatic heterocycles. The van der Waals surface area contributed by atoms with Gasteiger partial charge < -0.3 is 5.11 Å². The molecule has 0 rings (SSSR count). The molecule has 0 saturated carbocycles. The molecule has 0 saturated heterocycles. The van der Waals surface area contributed by atoms with Crippen molar-refractivity contribution < 1.29 is 5.11 Å². The van der Waals surface area contributed by atoms with E-state index in [4.69, 9.17) is 10.4 Å². The number of rotatable bonds is 2. The summed E-state index contributed by atoms with van der Waals surface area (Å²) in [6, 6.07) is 0. The third-order valence-electron chi connectivity index (χ3n) is 0.707. The predicted molar refractivity (Wildman–Crippen MR) is 32.7 cm³/mol. The Bertz CT molecular complexity index is 54.0. The second-order valence-electron chi connectivity index (χ2n) is 1.45. The van der Waals surface area contributed by atoms with Crippen molar-refractivity contribution in [3.63, 3.8) is 0 Å². The van der Waals surface area contributed by atoms with Gasteiger partial charge in [-0.1, -0.05) is 33.1 Å². The maximum absolute atomic E-state index is 6.88. The minimum Gasteiger partial charge on any atom is -0.443 e. The van der Waals surface area contributed by atoms with E-state index in [1.165, 1.54) is 19.3 Å². The zero-order chi connectivity index (χ0) is 6.83. The van der Waals surface area contributed by atoms with E-state index < -0.39 is 0 Å². The Kier molecular flexibility index (Phi) is 21.0. The first-order valence-corrected chi connectivity index (χ1v) is 2.86. The van der Waals surface area contributed by atoms with Crippen LogP contribution in [-0.2, 0) is 0 Å². The van der Waals surface area contributed by atoms with Crippen LogP contribution in [-0.4, -0.2) is 5.11 Å². The molecule has 0 bridgehead atoms. The van der Waals surface area contributed by atoms with Gasteiger partial charge in [-0.2, -0.15) is 5.26 Å². The van der Waals surface area contributed by atoms with Crippen LogP contribution in [0.2, 0.25) is 0 Å². The van der Waals surface area contributed by atoms with Crippen LogP contribution in [0, 0.1) is 11.5 Å². The molecule has 48 valence electrons. The molecule has 0 radical (unpaired) electrons. The first-order chi connectivity index (χ1) is 3.83. The summed E-state index contributed by atoms with van der Waals surface area (Å²) in [6.07, 6.45) is 4.83. The van der Waals surface area contributed by atoms with E-state index in [2.05, 4.69) is 13.8 Å². The van der Waals surface area contributed by atoms with Gasteiger partial charge in [0.1, 0.15) is 0 Å². The van der Waals surface area contributed by atoms with Crippen molar-refractivity contribution in [1.82, 2.24) is 0 Å². The molecule has 0 heterocycles. The number of hydrogen-bond acceptors (Lipinski definition) is 2. The Morgan fingerprint density at radius 1 is 1.38 bits per heavy atom. The zero-order valence-electron chi connectivity index (χ0n) is 5.52. The Labute approximate surface area is 50.8 Å². The number of unbranched alkanes of at least 4 members (excludes halogenated alkanes) is 2. The summed E-state index contributed by atoms with van der Waals surface area (Å²) in [7, 11) is 0. The monoisotopic (exact) mass is 115 g/mol.